The minimum atomic E-state index is -1.09. The highest BCUT2D eigenvalue weighted by Crippen LogP contribution is 2.44. The van der Waals surface area contributed by atoms with Crippen molar-refractivity contribution in [3.05, 3.63) is 59.7 Å². The van der Waals surface area contributed by atoms with E-state index in [1.165, 1.54) is 0 Å². The average molecular weight is 469 g/mol. The quantitative estimate of drug-likeness (QED) is 0.400. The molecular formula is C26H32N2O6. The van der Waals surface area contributed by atoms with E-state index in [1.54, 1.807) is 6.92 Å². The zero-order valence-corrected chi connectivity index (χ0v) is 19.5. The van der Waals surface area contributed by atoms with Crippen molar-refractivity contribution in [2.24, 2.45) is 0 Å². The van der Waals surface area contributed by atoms with Gasteiger partial charge in [-0.05, 0) is 42.0 Å². The fourth-order valence-electron chi connectivity index (χ4n) is 4.35. The molecule has 1 aliphatic carbocycles. The predicted molar refractivity (Wildman–Crippen MR) is 127 cm³/mol. The lowest BCUT2D eigenvalue weighted by Crippen LogP contribution is -2.50. The Morgan fingerprint density at radius 1 is 1.06 bits per heavy atom. The van der Waals surface area contributed by atoms with Gasteiger partial charge in [0, 0.05) is 18.9 Å². The number of benzene rings is 2. The van der Waals surface area contributed by atoms with Crippen LogP contribution in [-0.4, -0.2) is 53.0 Å². The summed E-state index contributed by atoms with van der Waals surface area (Å²) in [6.07, 6.45) is 0.0395. The number of carbonyl (C=O) groups is 3. The van der Waals surface area contributed by atoms with E-state index in [0.29, 0.717) is 6.42 Å². The Balaban J connectivity index is 1.63. The van der Waals surface area contributed by atoms with Crippen LogP contribution in [0.15, 0.2) is 48.5 Å². The Kier molecular flexibility index (Phi) is 8.28. The van der Waals surface area contributed by atoms with Gasteiger partial charge in [0.15, 0.2) is 0 Å². The van der Waals surface area contributed by atoms with Crippen molar-refractivity contribution in [3.63, 3.8) is 0 Å². The highest BCUT2D eigenvalue weighted by molar-refractivity contribution is 5.86. The van der Waals surface area contributed by atoms with Gasteiger partial charge in [-0.1, -0.05) is 61.9 Å². The number of aliphatic carboxylic acids is 1. The molecule has 8 nitrogen and oxygen atoms in total. The van der Waals surface area contributed by atoms with Gasteiger partial charge in [0.2, 0.25) is 5.91 Å². The number of carboxylic acids is 1. The molecule has 0 fully saturated rings. The maximum Gasteiger partial charge on any atom is 0.407 e. The molecule has 0 bridgehead atoms. The van der Waals surface area contributed by atoms with Crippen molar-refractivity contribution in [1.82, 2.24) is 10.6 Å². The number of hydrogen-bond acceptors (Lipinski definition) is 5. The first-order chi connectivity index (χ1) is 16.2. The number of carbonyl (C=O) groups excluding carboxylic acids is 2. The second-order valence-electron chi connectivity index (χ2n) is 8.92. The first-order valence-electron chi connectivity index (χ1n) is 11.5. The molecule has 2 amide bonds. The maximum atomic E-state index is 12.6. The van der Waals surface area contributed by atoms with Crippen LogP contribution in [0.3, 0.4) is 0 Å². The zero-order chi connectivity index (χ0) is 24.7. The van der Waals surface area contributed by atoms with Crippen LogP contribution >= 0.6 is 0 Å². The topological polar surface area (TPSA) is 125 Å². The summed E-state index contributed by atoms with van der Waals surface area (Å²) in [5, 5.41) is 24.4. The molecule has 2 aromatic carbocycles. The summed E-state index contributed by atoms with van der Waals surface area (Å²) < 4.78 is 5.48. The zero-order valence-electron chi connectivity index (χ0n) is 19.5. The molecule has 0 aromatic heterocycles. The van der Waals surface area contributed by atoms with E-state index >= 15 is 0 Å². The fourth-order valence-corrected chi connectivity index (χ4v) is 4.35. The fraction of sp³-hybridized carbons (Fsp3) is 0.423. The normalized spacial score (nSPS) is 14.9. The monoisotopic (exact) mass is 468 g/mol. The molecule has 182 valence electrons. The first kappa shape index (κ1) is 25.2. The van der Waals surface area contributed by atoms with Crippen LogP contribution in [0.5, 0.6) is 0 Å². The second-order valence-corrected chi connectivity index (χ2v) is 8.92. The molecule has 0 heterocycles. The number of hydrogen-bond donors (Lipinski definition) is 4. The van der Waals surface area contributed by atoms with Gasteiger partial charge in [0.25, 0.3) is 0 Å². The summed E-state index contributed by atoms with van der Waals surface area (Å²) in [4.78, 5) is 36.3. The van der Waals surface area contributed by atoms with Crippen LogP contribution in [0, 0.1) is 0 Å². The molecular weight excluding hydrogens is 436 g/mol. The number of carboxylic acid groups (broad SMARTS) is 1. The maximum absolute atomic E-state index is 12.6. The molecule has 4 N–H and O–H groups in total. The van der Waals surface area contributed by atoms with Gasteiger partial charge < -0.3 is 25.6 Å². The Morgan fingerprint density at radius 3 is 2.21 bits per heavy atom. The summed E-state index contributed by atoms with van der Waals surface area (Å²) >= 11 is 0. The average Bonchev–Trinajstić information content (AvgIpc) is 3.12. The molecule has 0 radical (unpaired) electrons. The van der Waals surface area contributed by atoms with Crippen molar-refractivity contribution in [2.45, 2.75) is 57.1 Å². The highest BCUT2D eigenvalue weighted by Gasteiger charge is 2.30. The van der Waals surface area contributed by atoms with Crippen molar-refractivity contribution in [3.8, 4) is 11.1 Å². The predicted octanol–water partition coefficient (Wildman–Crippen LogP) is 3.43. The lowest BCUT2D eigenvalue weighted by Gasteiger charge is -2.25. The molecule has 0 saturated heterocycles. The summed E-state index contributed by atoms with van der Waals surface area (Å²) in [6.45, 7) is 3.61. The van der Waals surface area contributed by atoms with Gasteiger partial charge in [0.05, 0.1) is 5.60 Å². The van der Waals surface area contributed by atoms with Gasteiger partial charge in [-0.15, -0.1) is 0 Å². The van der Waals surface area contributed by atoms with E-state index in [-0.39, 0.29) is 31.9 Å². The molecule has 0 aliphatic heterocycles. The molecule has 0 saturated carbocycles. The lowest BCUT2D eigenvalue weighted by atomic mass is 9.98. The number of aliphatic hydroxyl groups is 1. The number of nitrogens with one attached hydrogen (secondary N) is 2. The van der Waals surface area contributed by atoms with Gasteiger partial charge in [-0.25, -0.2) is 4.79 Å². The van der Waals surface area contributed by atoms with Gasteiger partial charge in [0.1, 0.15) is 12.6 Å². The van der Waals surface area contributed by atoms with Crippen LogP contribution in [0.1, 0.15) is 56.6 Å². The number of ether oxygens (including phenoxy) is 1. The molecule has 2 atom stereocenters. The van der Waals surface area contributed by atoms with Crippen LogP contribution in [0.4, 0.5) is 4.79 Å². The molecule has 2 aromatic rings. The SMILES string of the molecule is CCCC(C)(O)CNC(=O)C(CCC(=O)O)NC(=O)OCC1c2ccccc2-c2ccccc21. The molecule has 2 unspecified atom stereocenters. The minimum absolute atomic E-state index is 0.00435. The van der Waals surface area contributed by atoms with Gasteiger partial charge >= 0.3 is 12.1 Å². The van der Waals surface area contributed by atoms with Crippen molar-refractivity contribution in [2.75, 3.05) is 13.2 Å². The third-order valence-corrected chi connectivity index (χ3v) is 6.03. The Morgan fingerprint density at radius 2 is 1.65 bits per heavy atom. The van der Waals surface area contributed by atoms with E-state index in [0.717, 1.165) is 28.7 Å². The van der Waals surface area contributed by atoms with Crippen molar-refractivity contribution < 1.29 is 29.3 Å². The van der Waals surface area contributed by atoms with Crippen molar-refractivity contribution in [1.29, 1.82) is 0 Å². The van der Waals surface area contributed by atoms with Crippen LogP contribution in [0.25, 0.3) is 11.1 Å². The number of alkyl carbamates (subject to hydrolysis) is 1. The Bertz CT molecular complexity index is 990. The van der Waals surface area contributed by atoms with Crippen LogP contribution in [-0.2, 0) is 14.3 Å². The summed E-state index contributed by atoms with van der Waals surface area (Å²) in [5.41, 5.74) is 3.24. The van der Waals surface area contributed by atoms with Gasteiger partial charge in [-0.3, -0.25) is 9.59 Å². The summed E-state index contributed by atoms with van der Waals surface area (Å²) in [5.74, 6) is -1.77. The number of fused-ring (bicyclic) bond motifs is 3. The number of rotatable bonds is 11. The third-order valence-electron chi connectivity index (χ3n) is 6.03. The van der Waals surface area contributed by atoms with E-state index in [1.807, 2.05) is 55.5 Å². The third kappa shape index (κ3) is 6.35. The van der Waals surface area contributed by atoms with E-state index in [4.69, 9.17) is 9.84 Å². The van der Waals surface area contributed by atoms with E-state index in [2.05, 4.69) is 10.6 Å². The van der Waals surface area contributed by atoms with Gasteiger partial charge in [-0.2, -0.15) is 0 Å². The number of amides is 2. The van der Waals surface area contributed by atoms with Crippen molar-refractivity contribution >= 4 is 18.0 Å². The Hall–Kier alpha value is -3.39. The molecule has 3 rings (SSSR count). The van der Waals surface area contributed by atoms with Crippen LogP contribution in [0.2, 0.25) is 0 Å². The largest absolute Gasteiger partial charge is 0.481 e. The lowest BCUT2D eigenvalue weighted by molar-refractivity contribution is -0.137. The van der Waals surface area contributed by atoms with E-state index < -0.39 is 29.6 Å². The molecule has 34 heavy (non-hydrogen) atoms. The highest BCUT2D eigenvalue weighted by atomic mass is 16.5. The van der Waals surface area contributed by atoms with Crippen LogP contribution < -0.4 is 10.6 Å². The van der Waals surface area contributed by atoms with E-state index in [9.17, 15) is 19.5 Å². The summed E-state index contributed by atoms with van der Waals surface area (Å²) in [7, 11) is 0. The minimum Gasteiger partial charge on any atom is -0.481 e. The second kappa shape index (κ2) is 11.2. The summed E-state index contributed by atoms with van der Waals surface area (Å²) in [6, 6.07) is 14.8. The molecule has 8 heteroatoms. The smallest absolute Gasteiger partial charge is 0.407 e. The molecule has 1 aliphatic rings. The Labute approximate surface area is 199 Å². The standard InChI is InChI=1S/C26H32N2O6/c1-3-14-26(2,33)16-27-24(31)22(12-13-23(29)30)28-25(32)34-15-21-19-10-6-4-8-17(19)18-9-5-7-11-20(18)21/h4-11,21-22,33H,3,12-16H2,1-2H3,(H,27,31)(H,28,32)(H,29,30). The molecule has 0 spiro atoms. The first-order valence-corrected chi connectivity index (χ1v) is 11.5.